The number of nitrogens with one attached hydrogen (secondary N) is 1. The van der Waals surface area contributed by atoms with Gasteiger partial charge in [-0.05, 0) is 87.8 Å². The molecule has 3 nitrogen and oxygen atoms in total. The summed E-state index contributed by atoms with van der Waals surface area (Å²) in [5.41, 5.74) is 4.75. The summed E-state index contributed by atoms with van der Waals surface area (Å²) in [6, 6.07) is 10.7. The number of rotatable bonds is 6. The van der Waals surface area contributed by atoms with Gasteiger partial charge in [-0.2, -0.15) is 0 Å². The first-order chi connectivity index (χ1) is 14.4. The van der Waals surface area contributed by atoms with Gasteiger partial charge in [0.1, 0.15) is 12.5 Å². The predicted molar refractivity (Wildman–Crippen MR) is 117 cm³/mol. The van der Waals surface area contributed by atoms with Crippen molar-refractivity contribution in [3.05, 3.63) is 70.7 Å². The number of nitrogens with zero attached hydrogens (tertiary/aromatic N) is 1. The minimum absolute atomic E-state index is 0.142. The fraction of sp³-hybridized carbons (Fsp3) is 0.440. The zero-order chi connectivity index (χ0) is 21.3. The van der Waals surface area contributed by atoms with Crippen molar-refractivity contribution >= 4 is 10.9 Å². The molecule has 0 radical (unpaired) electrons. The van der Waals surface area contributed by atoms with E-state index < -0.39 is 6.67 Å². The highest BCUT2D eigenvalue weighted by molar-refractivity contribution is 5.87. The van der Waals surface area contributed by atoms with Crippen LogP contribution in [0.5, 0.6) is 0 Å². The van der Waals surface area contributed by atoms with Gasteiger partial charge in [0.15, 0.2) is 0 Å². The molecule has 1 aromatic heterocycles. The van der Waals surface area contributed by atoms with E-state index in [0.717, 1.165) is 53.5 Å². The number of aromatic amines is 1. The predicted octanol–water partition coefficient (Wildman–Crippen LogP) is 5.83. The van der Waals surface area contributed by atoms with Crippen LogP contribution in [0.1, 0.15) is 48.1 Å². The van der Waals surface area contributed by atoms with Crippen molar-refractivity contribution in [2.45, 2.75) is 44.9 Å². The minimum atomic E-state index is -0.494. The number of piperidine rings is 1. The van der Waals surface area contributed by atoms with Crippen LogP contribution in [0.3, 0.4) is 0 Å². The van der Waals surface area contributed by atoms with E-state index in [-0.39, 0.29) is 17.3 Å². The average molecular weight is 413 g/mol. The Morgan fingerprint density at radius 2 is 1.87 bits per heavy atom. The molecule has 1 N–H and O–H groups in total. The zero-order valence-corrected chi connectivity index (χ0v) is 18.0. The van der Waals surface area contributed by atoms with E-state index in [1.165, 1.54) is 12.1 Å². The third-order valence-corrected chi connectivity index (χ3v) is 6.69. The van der Waals surface area contributed by atoms with Crippen molar-refractivity contribution in [1.82, 2.24) is 9.88 Å². The summed E-state index contributed by atoms with van der Waals surface area (Å²) in [5, 5.41) is 1.04. The number of aryl methyl sites for hydroxylation is 1. The fourth-order valence-corrected chi connectivity index (χ4v) is 4.60. The summed E-state index contributed by atoms with van der Waals surface area (Å²) < 4.78 is 33.5. The van der Waals surface area contributed by atoms with Gasteiger partial charge in [-0.3, -0.25) is 0 Å². The Hall–Kier alpha value is -2.24. The molecule has 0 aliphatic carbocycles. The third kappa shape index (κ3) is 4.01. The zero-order valence-electron chi connectivity index (χ0n) is 18.0. The van der Waals surface area contributed by atoms with Gasteiger partial charge in [-0.25, -0.2) is 8.78 Å². The molecule has 5 heteroatoms. The molecule has 0 saturated carbocycles. The lowest BCUT2D eigenvalue weighted by Gasteiger charge is -2.41. The summed E-state index contributed by atoms with van der Waals surface area (Å²) in [6.45, 7) is 6.07. The Kier molecular flexibility index (Phi) is 5.94. The molecule has 2 aromatic carbocycles. The van der Waals surface area contributed by atoms with Crippen LogP contribution in [0.15, 0.2) is 42.6 Å². The molecule has 1 aliphatic rings. The SMILES string of the molecule is Cc1c[nH]c2c(C(C)OCC3(c4ccc(F)cc4)CCN(C)CC3)cc(CF)cc12. The summed E-state index contributed by atoms with van der Waals surface area (Å²) in [6.07, 6.45) is 3.70. The third-order valence-electron chi connectivity index (χ3n) is 6.69. The van der Waals surface area contributed by atoms with Crippen molar-refractivity contribution in [3.8, 4) is 0 Å². The number of benzene rings is 2. The molecule has 1 atom stereocenters. The Morgan fingerprint density at radius 3 is 2.53 bits per heavy atom. The molecule has 1 unspecified atom stereocenters. The molecular formula is C25H30F2N2O. The Bertz CT molecular complexity index is 1000. The summed E-state index contributed by atoms with van der Waals surface area (Å²) in [7, 11) is 2.13. The minimum Gasteiger partial charge on any atom is -0.373 e. The fourth-order valence-electron chi connectivity index (χ4n) is 4.60. The smallest absolute Gasteiger partial charge is 0.123 e. The van der Waals surface area contributed by atoms with Crippen LogP contribution in [0, 0.1) is 12.7 Å². The van der Waals surface area contributed by atoms with Gasteiger partial charge >= 0.3 is 0 Å². The van der Waals surface area contributed by atoms with Crippen LogP contribution < -0.4 is 0 Å². The molecule has 1 aliphatic heterocycles. The second-order valence-corrected chi connectivity index (χ2v) is 8.76. The lowest BCUT2D eigenvalue weighted by atomic mass is 9.73. The molecule has 30 heavy (non-hydrogen) atoms. The first kappa shape index (κ1) is 21.0. The van der Waals surface area contributed by atoms with Crippen LogP contribution in [0.2, 0.25) is 0 Å². The Labute approximate surface area is 177 Å². The molecule has 4 rings (SSSR count). The van der Waals surface area contributed by atoms with E-state index in [0.29, 0.717) is 12.2 Å². The van der Waals surface area contributed by atoms with Crippen molar-refractivity contribution in [2.75, 3.05) is 26.7 Å². The summed E-state index contributed by atoms with van der Waals surface area (Å²) in [5.74, 6) is -0.219. The second-order valence-electron chi connectivity index (χ2n) is 8.76. The number of H-pyrrole nitrogens is 1. The van der Waals surface area contributed by atoms with E-state index in [9.17, 15) is 8.78 Å². The number of alkyl halides is 1. The standard InChI is InChI=1S/C25H30F2N2O/c1-17-15-28-24-22(17)12-19(14-26)13-23(24)18(2)30-16-25(8-10-29(3)11-9-25)20-4-6-21(27)7-5-20/h4-7,12-13,15,18,28H,8-11,14,16H2,1-3H3. The number of halogens is 2. The molecule has 1 fully saturated rings. The quantitative estimate of drug-likeness (QED) is 0.552. The number of likely N-dealkylation sites (tertiary alicyclic amines) is 1. The van der Waals surface area contributed by atoms with Crippen molar-refractivity contribution < 1.29 is 13.5 Å². The van der Waals surface area contributed by atoms with Gasteiger partial charge in [-0.15, -0.1) is 0 Å². The number of ether oxygens (including phenoxy) is 1. The maximum Gasteiger partial charge on any atom is 0.123 e. The highest BCUT2D eigenvalue weighted by Crippen LogP contribution is 2.38. The van der Waals surface area contributed by atoms with Crippen molar-refractivity contribution in [2.24, 2.45) is 0 Å². The van der Waals surface area contributed by atoms with Gasteiger partial charge < -0.3 is 14.6 Å². The number of hydrogen-bond donors (Lipinski definition) is 1. The Morgan fingerprint density at radius 1 is 1.17 bits per heavy atom. The molecule has 3 aromatic rings. The van der Waals surface area contributed by atoms with Gasteiger partial charge in [-0.1, -0.05) is 12.1 Å². The summed E-state index contributed by atoms with van der Waals surface area (Å²) >= 11 is 0. The molecule has 1 saturated heterocycles. The normalized spacial score (nSPS) is 18.0. The number of fused-ring (bicyclic) bond motifs is 1. The lowest BCUT2D eigenvalue weighted by Crippen LogP contribution is -2.44. The average Bonchev–Trinajstić information content (AvgIpc) is 3.14. The molecule has 2 heterocycles. The highest BCUT2D eigenvalue weighted by atomic mass is 19.1. The molecule has 0 amide bonds. The topological polar surface area (TPSA) is 28.3 Å². The van der Waals surface area contributed by atoms with Crippen LogP contribution >= 0.6 is 0 Å². The largest absolute Gasteiger partial charge is 0.373 e. The lowest BCUT2D eigenvalue weighted by molar-refractivity contribution is 0.00693. The molecule has 160 valence electrons. The van der Waals surface area contributed by atoms with Crippen molar-refractivity contribution in [1.29, 1.82) is 0 Å². The van der Waals surface area contributed by atoms with E-state index in [2.05, 4.69) is 16.9 Å². The van der Waals surface area contributed by atoms with Gasteiger partial charge in [0.25, 0.3) is 0 Å². The van der Waals surface area contributed by atoms with Crippen LogP contribution in [-0.2, 0) is 16.8 Å². The van der Waals surface area contributed by atoms with Crippen LogP contribution in [-0.4, -0.2) is 36.6 Å². The van der Waals surface area contributed by atoms with E-state index in [1.807, 2.05) is 44.3 Å². The monoisotopic (exact) mass is 412 g/mol. The number of hydrogen-bond acceptors (Lipinski definition) is 2. The highest BCUT2D eigenvalue weighted by Gasteiger charge is 2.36. The van der Waals surface area contributed by atoms with Gasteiger partial charge in [0.2, 0.25) is 0 Å². The van der Waals surface area contributed by atoms with Crippen LogP contribution in [0.25, 0.3) is 10.9 Å². The van der Waals surface area contributed by atoms with Crippen molar-refractivity contribution in [3.63, 3.8) is 0 Å². The second kappa shape index (κ2) is 8.48. The summed E-state index contributed by atoms with van der Waals surface area (Å²) in [4.78, 5) is 5.65. The molecule has 0 bridgehead atoms. The molecular weight excluding hydrogens is 382 g/mol. The van der Waals surface area contributed by atoms with E-state index in [4.69, 9.17) is 4.74 Å². The van der Waals surface area contributed by atoms with Gasteiger partial charge in [0, 0.05) is 22.6 Å². The number of aromatic nitrogens is 1. The van der Waals surface area contributed by atoms with E-state index in [1.54, 1.807) is 0 Å². The first-order valence-corrected chi connectivity index (χ1v) is 10.6. The maximum atomic E-state index is 13.5. The van der Waals surface area contributed by atoms with Crippen LogP contribution in [0.4, 0.5) is 8.78 Å². The van der Waals surface area contributed by atoms with Gasteiger partial charge in [0.05, 0.1) is 18.2 Å². The van der Waals surface area contributed by atoms with E-state index >= 15 is 0 Å². The first-order valence-electron chi connectivity index (χ1n) is 10.6. The molecule has 0 spiro atoms. The maximum absolute atomic E-state index is 13.5. The Balaban J connectivity index is 1.61.